The highest BCUT2D eigenvalue weighted by Crippen LogP contribution is 2.30. The highest BCUT2D eigenvalue weighted by Gasteiger charge is 2.19. The fourth-order valence-electron chi connectivity index (χ4n) is 2.08. The van der Waals surface area contributed by atoms with E-state index in [0.717, 1.165) is 0 Å². The maximum atomic E-state index is 12.5. The zero-order valence-electron chi connectivity index (χ0n) is 15.0. The maximum Gasteiger partial charge on any atom is 0.339 e. The van der Waals surface area contributed by atoms with Crippen molar-refractivity contribution in [2.45, 2.75) is 11.8 Å². The van der Waals surface area contributed by atoms with E-state index in [0.29, 0.717) is 11.3 Å². The zero-order valence-corrected chi connectivity index (χ0v) is 15.8. The first kappa shape index (κ1) is 20.7. The van der Waals surface area contributed by atoms with Gasteiger partial charge in [0.2, 0.25) is 5.91 Å². The third kappa shape index (κ3) is 5.71. The molecule has 0 aliphatic carbocycles. The molecule has 0 aromatic heterocycles. The van der Waals surface area contributed by atoms with Crippen molar-refractivity contribution in [3.05, 3.63) is 48.0 Å². The molecule has 0 bridgehead atoms. The van der Waals surface area contributed by atoms with Crippen molar-refractivity contribution >= 4 is 34.0 Å². The van der Waals surface area contributed by atoms with E-state index in [4.69, 9.17) is 14.7 Å². The Bertz CT molecular complexity index is 1000. The predicted octanol–water partition coefficient (Wildman–Crippen LogP) is 1.42. The van der Waals surface area contributed by atoms with Crippen LogP contribution in [-0.2, 0) is 14.9 Å². The molecular weight excluding hydrogens is 388 g/mol. The molecule has 2 aromatic rings. The van der Waals surface area contributed by atoms with Crippen LogP contribution in [0.25, 0.3) is 0 Å². The summed E-state index contributed by atoms with van der Waals surface area (Å²) < 4.78 is 35.4. The molecule has 0 aliphatic heterocycles. The minimum absolute atomic E-state index is 0.0727. The van der Waals surface area contributed by atoms with Gasteiger partial charge in [-0.3, -0.25) is 4.79 Å². The van der Waals surface area contributed by atoms with Crippen LogP contribution in [0, 0.1) is 0 Å². The van der Waals surface area contributed by atoms with E-state index in [-0.39, 0.29) is 22.3 Å². The van der Waals surface area contributed by atoms with Gasteiger partial charge in [0, 0.05) is 12.6 Å². The Labute approximate surface area is 161 Å². The molecule has 28 heavy (non-hydrogen) atoms. The van der Waals surface area contributed by atoms with Crippen LogP contribution in [0.15, 0.2) is 52.5 Å². The van der Waals surface area contributed by atoms with E-state index >= 15 is 0 Å². The normalized spacial score (nSPS) is 11.1. The van der Waals surface area contributed by atoms with Gasteiger partial charge in [0.1, 0.15) is 4.90 Å². The fraction of sp³-hybridized carbons (Fsp3) is 0.118. The van der Waals surface area contributed by atoms with Gasteiger partial charge >= 0.3 is 16.1 Å². The molecule has 11 heteroatoms. The number of hydrogen-bond donors (Lipinski definition) is 3. The molecule has 0 atom stereocenters. The van der Waals surface area contributed by atoms with E-state index in [2.05, 4.69) is 10.4 Å². The third-order valence-corrected chi connectivity index (χ3v) is 4.49. The lowest BCUT2D eigenvalue weighted by Gasteiger charge is -2.12. The Hall–Kier alpha value is -3.60. The fourth-order valence-corrected chi connectivity index (χ4v) is 3.02. The van der Waals surface area contributed by atoms with Gasteiger partial charge < -0.3 is 20.0 Å². The molecule has 2 aromatic carbocycles. The second-order valence-corrected chi connectivity index (χ2v) is 6.93. The smallest absolute Gasteiger partial charge is 0.339 e. The Morgan fingerprint density at radius 3 is 2.36 bits per heavy atom. The Kier molecular flexibility index (Phi) is 6.55. The number of anilines is 1. The van der Waals surface area contributed by atoms with Gasteiger partial charge in [-0.1, -0.05) is 0 Å². The molecule has 2 rings (SSSR count). The molecule has 0 saturated heterocycles. The van der Waals surface area contributed by atoms with Crippen molar-refractivity contribution < 1.29 is 26.9 Å². The van der Waals surface area contributed by atoms with Gasteiger partial charge in [0.15, 0.2) is 11.5 Å². The summed E-state index contributed by atoms with van der Waals surface area (Å²) in [6.07, 6.45) is 1.26. The molecule has 0 radical (unpaired) electrons. The number of ether oxygens (including phenoxy) is 1. The second kappa shape index (κ2) is 8.86. The lowest BCUT2D eigenvalue weighted by Crippen LogP contribution is -2.24. The molecule has 0 aliphatic rings. The Morgan fingerprint density at radius 1 is 1.11 bits per heavy atom. The second-order valence-electron chi connectivity index (χ2n) is 5.39. The number of amides is 3. The van der Waals surface area contributed by atoms with E-state index in [1.165, 1.54) is 56.6 Å². The van der Waals surface area contributed by atoms with Crippen LogP contribution in [0.2, 0.25) is 0 Å². The van der Waals surface area contributed by atoms with Crippen LogP contribution in [0.5, 0.6) is 11.5 Å². The average Bonchev–Trinajstić information content (AvgIpc) is 2.61. The van der Waals surface area contributed by atoms with Crippen LogP contribution < -0.4 is 25.4 Å². The summed E-state index contributed by atoms with van der Waals surface area (Å²) in [5, 5.41) is 6.13. The average molecular weight is 406 g/mol. The van der Waals surface area contributed by atoms with Gasteiger partial charge in [0.25, 0.3) is 0 Å². The van der Waals surface area contributed by atoms with Crippen molar-refractivity contribution in [3.8, 4) is 11.5 Å². The van der Waals surface area contributed by atoms with Crippen molar-refractivity contribution in [2.75, 3.05) is 12.4 Å². The van der Waals surface area contributed by atoms with Crippen molar-refractivity contribution in [2.24, 2.45) is 10.8 Å². The topological polar surface area (TPSA) is 149 Å². The van der Waals surface area contributed by atoms with Crippen LogP contribution in [0.4, 0.5) is 10.5 Å². The number of methoxy groups -OCH3 is 1. The number of rotatable bonds is 7. The molecule has 4 N–H and O–H groups in total. The number of primary amides is 1. The molecule has 0 fully saturated rings. The Balaban J connectivity index is 2.27. The zero-order chi connectivity index (χ0) is 20.7. The number of benzene rings is 2. The molecule has 0 saturated carbocycles. The largest absolute Gasteiger partial charge is 0.493 e. The number of nitrogens with two attached hydrogens (primary N) is 1. The molecule has 0 spiro atoms. The number of hydrazone groups is 1. The summed E-state index contributed by atoms with van der Waals surface area (Å²) in [5.41, 5.74) is 7.81. The minimum Gasteiger partial charge on any atom is -0.493 e. The highest BCUT2D eigenvalue weighted by atomic mass is 32.2. The number of carbonyl (C=O) groups excluding carboxylic acids is 2. The Morgan fingerprint density at radius 2 is 1.79 bits per heavy atom. The van der Waals surface area contributed by atoms with Crippen molar-refractivity contribution in [3.63, 3.8) is 0 Å². The number of carbonyl (C=O) groups is 2. The first-order valence-electron chi connectivity index (χ1n) is 7.80. The first-order valence-corrected chi connectivity index (χ1v) is 9.21. The summed E-state index contributed by atoms with van der Waals surface area (Å²) in [5.74, 6) is -0.171. The van der Waals surface area contributed by atoms with Gasteiger partial charge in [-0.05, 0) is 48.0 Å². The monoisotopic (exact) mass is 406 g/mol. The number of nitrogens with one attached hydrogen (secondary N) is 2. The molecule has 0 heterocycles. The van der Waals surface area contributed by atoms with Crippen LogP contribution >= 0.6 is 0 Å². The van der Waals surface area contributed by atoms with Gasteiger partial charge in [-0.2, -0.15) is 13.5 Å². The van der Waals surface area contributed by atoms with E-state index in [1.54, 1.807) is 6.07 Å². The molecule has 148 valence electrons. The SMILES string of the molecule is COc1ccc(/C=N\NC(N)=O)cc1OS(=O)(=O)c1ccc(NC(C)=O)cc1. The van der Waals surface area contributed by atoms with E-state index in [9.17, 15) is 18.0 Å². The summed E-state index contributed by atoms with van der Waals surface area (Å²) >= 11 is 0. The predicted molar refractivity (Wildman–Crippen MR) is 102 cm³/mol. The molecule has 3 amide bonds. The summed E-state index contributed by atoms with van der Waals surface area (Å²) in [7, 11) is -2.81. The van der Waals surface area contributed by atoms with Crippen molar-refractivity contribution in [1.29, 1.82) is 0 Å². The molecule has 0 unspecified atom stereocenters. The maximum absolute atomic E-state index is 12.5. The van der Waals surface area contributed by atoms with Gasteiger partial charge in [0.05, 0.1) is 13.3 Å². The standard InChI is InChI=1S/C17H18N4O6S/c1-11(22)20-13-4-6-14(7-5-13)28(24,25)27-16-9-12(3-8-15(16)26-2)10-19-21-17(18)23/h3-10H,1-2H3,(H,20,22)(H3,18,21,23)/b19-10-. The summed E-state index contributed by atoms with van der Waals surface area (Å²) in [6.45, 7) is 1.34. The van der Waals surface area contributed by atoms with Gasteiger partial charge in [-0.15, -0.1) is 0 Å². The first-order chi connectivity index (χ1) is 13.2. The third-order valence-electron chi connectivity index (χ3n) is 3.24. The number of hydrogen-bond acceptors (Lipinski definition) is 7. The lowest BCUT2D eigenvalue weighted by molar-refractivity contribution is -0.114. The lowest BCUT2D eigenvalue weighted by atomic mass is 10.2. The van der Waals surface area contributed by atoms with E-state index < -0.39 is 16.1 Å². The number of nitrogens with zero attached hydrogens (tertiary/aromatic N) is 1. The summed E-state index contributed by atoms with van der Waals surface area (Å²) in [4.78, 5) is 21.6. The van der Waals surface area contributed by atoms with Crippen LogP contribution in [-0.4, -0.2) is 33.7 Å². The van der Waals surface area contributed by atoms with Crippen LogP contribution in [0.1, 0.15) is 12.5 Å². The highest BCUT2D eigenvalue weighted by molar-refractivity contribution is 7.87. The van der Waals surface area contributed by atoms with E-state index in [1.807, 2.05) is 5.43 Å². The molecular formula is C17H18N4O6S. The quantitative estimate of drug-likeness (QED) is 0.360. The minimum atomic E-state index is -4.17. The van der Waals surface area contributed by atoms with Crippen molar-refractivity contribution in [1.82, 2.24) is 5.43 Å². The number of urea groups is 1. The summed E-state index contributed by atoms with van der Waals surface area (Å²) in [6, 6.07) is 9.06. The van der Waals surface area contributed by atoms with Crippen LogP contribution in [0.3, 0.4) is 0 Å². The molecule has 10 nitrogen and oxygen atoms in total. The van der Waals surface area contributed by atoms with Gasteiger partial charge in [-0.25, -0.2) is 10.2 Å².